The van der Waals surface area contributed by atoms with Gasteiger partial charge in [0.1, 0.15) is 18.5 Å². The van der Waals surface area contributed by atoms with Crippen LogP contribution in [0.3, 0.4) is 0 Å². The van der Waals surface area contributed by atoms with E-state index in [0.717, 1.165) is 13.1 Å². The highest BCUT2D eigenvalue weighted by Crippen LogP contribution is 2.29. The lowest BCUT2D eigenvalue weighted by atomic mass is 10.1. The first kappa shape index (κ1) is 15.7. The summed E-state index contributed by atoms with van der Waals surface area (Å²) in [7, 11) is 2.02. The average molecular weight is 296 g/mol. The van der Waals surface area contributed by atoms with E-state index in [1.807, 2.05) is 7.05 Å². The van der Waals surface area contributed by atoms with Gasteiger partial charge in [0, 0.05) is 30.8 Å². The van der Waals surface area contributed by atoms with E-state index in [1.165, 1.54) is 18.2 Å². The van der Waals surface area contributed by atoms with Gasteiger partial charge in [0.15, 0.2) is 0 Å². The van der Waals surface area contributed by atoms with E-state index in [4.69, 9.17) is 9.47 Å². The van der Waals surface area contributed by atoms with Crippen molar-refractivity contribution in [1.29, 1.82) is 0 Å². The number of ether oxygens (including phenoxy) is 2. The molecule has 1 fully saturated rings. The smallest absolute Gasteiger partial charge is 0.270 e. The van der Waals surface area contributed by atoms with Crippen molar-refractivity contribution in [2.75, 3.05) is 33.4 Å². The number of aliphatic hydroxyl groups is 1. The van der Waals surface area contributed by atoms with Crippen molar-refractivity contribution in [3.8, 4) is 5.75 Å². The van der Waals surface area contributed by atoms with Gasteiger partial charge in [-0.1, -0.05) is 0 Å². The van der Waals surface area contributed by atoms with Crippen LogP contribution >= 0.6 is 0 Å². The molecule has 0 aliphatic carbocycles. The molecule has 1 aromatic carbocycles. The number of likely N-dealkylation sites (N-methyl/N-ethyl adjacent to an activating group) is 1. The molecule has 1 saturated heterocycles. The number of benzene rings is 1. The molecule has 0 saturated carbocycles. The van der Waals surface area contributed by atoms with Gasteiger partial charge in [-0.3, -0.25) is 10.1 Å². The van der Waals surface area contributed by atoms with Crippen molar-refractivity contribution in [3.63, 3.8) is 0 Å². The topological polar surface area (TPSA) is 85.1 Å². The van der Waals surface area contributed by atoms with Crippen molar-refractivity contribution >= 4 is 5.69 Å². The van der Waals surface area contributed by atoms with E-state index >= 15 is 0 Å². The van der Waals surface area contributed by atoms with Gasteiger partial charge >= 0.3 is 0 Å². The highest BCUT2D eigenvalue weighted by Gasteiger charge is 2.20. The molecule has 116 valence electrons. The highest BCUT2D eigenvalue weighted by molar-refractivity contribution is 5.44. The molecule has 0 amide bonds. The largest absolute Gasteiger partial charge is 0.490 e. The molecule has 2 atom stereocenters. The van der Waals surface area contributed by atoms with Gasteiger partial charge in [0.2, 0.25) is 0 Å². The van der Waals surface area contributed by atoms with E-state index in [0.29, 0.717) is 24.5 Å². The van der Waals surface area contributed by atoms with Crippen LogP contribution in [-0.2, 0) is 4.74 Å². The van der Waals surface area contributed by atoms with Crippen molar-refractivity contribution in [2.45, 2.75) is 19.1 Å². The van der Waals surface area contributed by atoms with Crippen LogP contribution in [0, 0.1) is 10.1 Å². The second-order valence-electron chi connectivity index (χ2n) is 5.22. The second-order valence-corrected chi connectivity index (χ2v) is 5.22. The Morgan fingerprint density at radius 2 is 2.38 bits per heavy atom. The summed E-state index contributed by atoms with van der Waals surface area (Å²) in [6.45, 7) is 4.23. The first-order valence-electron chi connectivity index (χ1n) is 6.86. The lowest BCUT2D eigenvalue weighted by Crippen LogP contribution is -2.42. The monoisotopic (exact) mass is 296 g/mol. The van der Waals surface area contributed by atoms with Gasteiger partial charge < -0.3 is 19.5 Å². The van der Waals surface area contributed by atoms with E-state index < -0.39 is 11.0 Å². The first-order valence-corrected chi connectivity index (χ1v) is 6.86. The number of aliphatic hydroxyl groups excluding tert-OH is 1. The number of hydrogen-bond donors (Lipinski definition) is 1. The molecule has 0 aromatic heterocycles. The maximum atomic E-state index is 10.8. The summed E-state index contributed by atoms with van der Waals surface area (Å²) < 4.78 is 11.3. The van der Waals surface area contributed by atoms with Crippen molar-refractivity contribution in [3.05, 3.63) is 33.9 Å². The third kappa shape index (κ3) is 4.13. The van der Waals surface area contributed by atoms with Gasteiger partial charge in [-0.2, -0.15) is 0 Å². The van der Waals surface area contributed by atoms with E-state index in [1.54, 1.807) is 6.92 Å². The fourth-order valence-electron chi connectivity index (χ4n) is 2.26. The minimum Gasteiger partial charge on any atom is -0.490 e. The SMILES string of the molecule is C[C@@H](O)c1cc([N+](=O)[O-])ccc1OCC1CN(C)CCO1. The molecule has 1 heterocycles. The number of rotatable bonds is 5. The third-order valence-corrected chi connectivity index (χ3v) is 3.42. The summed E-state index contributed by atoms with van der Waals surface area (Å²) in [6.07, 6.45) is -0.879. The van der Waals surface area contributed by atoms with Crippen molar-refractivity contribution < 1.29 is 19.5 Å². The van der Waals surface area contributed by atoms with Crippen LogP contribution in [0.25, 0.3) is 0 Å². The molecule has 2 rings (SSSR count). The van der Waals surface area contributed by atoms with Gasteiger partial charge in [-0.15, -0.1) is 0 Å². The van der Waals surface area contributed by atoms with Gasteiger partial charge in [-0.05, 0) is 20.0 Å². The Kier molecular flexibility index (Phi) is 5.11. The van der Waals surface area contributed by atoms with Crippen LogP contribution in [0.15, 0.2) is 18.2 Å². The fraction of sp³-hybridized carbons (Fsp3) is 0.571. The molecule has 21 heavy (non-hydrogen) atoms. The summed E-state index contributed by atoms with van der Waals surface area (Å²) in [5.41, 5.74) is 0.347. The Balaban J connectivity index is 2.06. The Bertz CT molecular complexity index is 506. The summed E-state index contributed by atoms with van der Waals surface area (Å²) in [5, 5.41) is 20.5. The fourth-order valence-corrected chi connectivity index (χ4v) is 2.26. The average Bonchev–Trinajstić information content (AvgIpc) is 2.44. The lowest BCUT2D eigenvalue weighted by Gasteiger charge is -2.30. The Morgan fingerprint density at radius 1 is 1.62 bits per heavy atom. The predicted octanol–water partition coefficient (Wildman–Crippen LogP) is 1.36. The highest BCUT2D eigenvalue weighted by atomic mass is 16.6. The Labute approximate surface area is 123 Å². The summed E-state index contributed by atoms with van der Waals surface area (Å²) in [4.78, 5) is 12.5. The Hall–Kier alpha value is -1.70. The zero-order chi connectivity index (χ0) is 15.4. The van der Waals surface area contributed by atoms with Crippen LogP contribution in [0.2, 0.25) is 0 Å². The molecule has 7 heteroatoms. The van der Waals surface area contributed by atoms with Crippen LogP contribution in [0.1, 0.15) is 18.6 Å². The Morgan fingerprint density at radius 3 is 3.00 bits per heavy atom. The van der Waals surface area contributed by atoms with E-state index in [9.17, 15) is 15.2 Å². The third-order valence-electron chi connectivity index (χ3n) is 3.42. The minimum absolute atomic E-state index is 0.0409. The van der Waals surface area contributed by atoms with E-state index in [-0.39, 0.29) is 11.8 Å². The molecule has 0 radical (unpaired) electrons. The van der Waals surface area contributed by atoms with Crippen LogP contribution in [0.5, 0.6) is 5.75 Å². The number of nitro groups is 1. The van der Waals surface area contributed by atoms with Crippen molar-refractivity contribution in [1.82, 2.24) is 4.90 Å². The molecule has 1 unspecified atom stereocenters. The predicted molar refractivity (Wildman–Crippen MR) is 76.5 cm³/mol. The normalized spacial score (nSPS) is 21.0. The quantitative estimate of drug-likeness (QED) is 0.652. The maximum Gasteiger partial charge on any atom is 0.270 e. The number of morpholine rings is 1. The first-order chi connectivity index (χ1) is 9.97. The number of non-ortho nitro benzene ring substituents is 1. The molecule has 0 bridgehead atoms. The molecular formula is C14H20N2O5. The van der Waals surface area contributed by atoms with Crippen LogP contribution in [0.4, 0.5) is 5.69 Å². The zero-order valence-electron chi connectivity index (χ0n) is 12.2. The standard InChI is InChI=1S/C14H20N2O5/c1-10(17)13-7-11(16(18)19)3-4-14(13)21-9-12-8-15(2)5-6-20-12/h3-4,7,10,12,17H,5-6,8-9H2,1-2H3/t10-,12?/m1/s1. The second kappa shape index (κ2) is 6.84. The van der Waals surface area contributed by atoms with Gasteiger partial charge in [0.05, 0.1) is 17.6 Å². The number of hydrogen-bond acceptors (Lipinski definition) is 6. The molecule has 1 aliphatic heterocycles. The summed E-state index contributed by atoms with van der Waals surface area (Å²) in [6, 6.07) is 4.23. The summed E-state index contributed by atoms with van der Waals surface area (Å²) in [5.74, 6) is 0.451. The molecule has 1 aromatic rings. The lowest BCUT2D eigenvalue weighted by molar-refractivity contribution is -0.385. The van der Waals surface area contributed by atoms with Crippen molar-refractivity contribution in [2.24, 2.45) is 0 Å². The number of nitro benzene ring substituents is 1. The molecule has 0 spiro atoms. The van der Waals surface area contributed by atoms with Crippen LogP contribution in [-0.4, -0.2) is 54.4 Å². The zero-order valence-corrected chi connectivity index (χ0v) is 12.2. The molecule has 7 nitrogen and oxygen atoms in total. The van der Waals surface area contributed by atoms with Crippen LogP contribution < -0.4 is 4.74 Å². The molecule has 1 N–H and O–H groups in total. The molecule has 1 aliphatic rings. The maximum absolute atomic E-state index is 10.8. The van der Waals surface area contributed by atoms with Gasteiger partial charge in [0.25, 0.3) is 5.69 Å². The number of nitrogens with zero attached hydrogens (tertiary/aromatic N) is 2. The summed E-state index contributed by atoms with van der Waals surface area (Å²) >= 11 is 0. The van der Waals surface area contributed by atoms with Gasteiger partial charge in [-0.25, -0.2) is 0 Å². The van der Waals surface area contributed by atoms with E-state index in [2.05, 4.69) is 4.90 Å². The minimum atomic E-state index is -0.838. The molecular weight excluding hydrogens is 276 g/mol.